The zero-order valence-corrected chi connectivity index (χ0v) is 15.5. The third kappa shape index (κ3) is 4.64. The third-order valence-corrected chi connectivity index (χ3v) is 4.58. The molecule has 0 saturated heterocycles. The molecule has 3 N–H and O–H groups in total. The highest BCUT2D eigenvalue weighted by Gasteiger charge is 2.19. The van der Waals surface area contributed by atoms with Gasteiger partial charge in [-0.05, 0) is 36.8 Å². The van der Waals surface area contributed by atoms with E-state index in [4.69, 9.17) is 9.15 Å². The van der Waals surface area contributed by atoms with Crippen LogP contribution in [0.4, 0.5) is 0 Å². The lowest BCUT2D eigenvalue weighted by Crippen LogP contribution is -2.88. The summed E-state index contributed by atoms with van der Waals surface area (Å²) in [5.41, 5.74) is 2.31. The maximum Gasteiger partial charge on any atom is 0.337 e. The normalized spacial score (nSPS) is 13.1. The maximum atomic E-state index is 11.5. The van der Waals surface area contributed by atoms with Crippen LogP contribution in [-0.2, 0) is 11.3 Å². The highest BCUT2D eigenvalue weighted by molar-refractivity contribution is 5.89. The Bertz CT molecular complexity index is 871. The van der Waals surface area contributed by atoms with Crippen molar-refractivity contribution in [1.82, 2.24) is 0 Å². The number of hydrogen-bond donors (Lipinski definition) is 2. The van der Waals surface area contributed by atoms with E-state index in [-0.39, 0.29) is 12.0 Å². The number of ether oxygens (including phenoxy) is 1. The van der Waals surface area contributed by atoms with Crippen molar-refractivity contribution in [3.63, 3.8) is 0 Å². The van der Waals surface area contributed by atoms with Gasteiger partial charge < -0.3 is 19.6 Å². The molecule has 2 atom stereocenters. The molecule has 3 aromatic rings. The van der Waals surface area contributed by atoms with Crippen LogP contribution >= 0.6 is 0 Å². The van der Waals surface area contributed by atoms with Crippen LogP contribution in [0.3, 0.4) is 0 Å². The summed E-state index contributed by atoms with van der Waals surface area (Å²) in [5, 5.41) is 12.5. The standard InChI is InChI=1S/C22H23NO4/c1-15(21(24)17-6-4-3-5-7-17)23-14-19-12-13-20(27-19)16-8-10-18(11-9-16)22(25)26-2/h3-13,15,21,23-24H,14H2,1-2H3/p+1/t15-,21+/m1/s1. The van der Waals surface area contributed by atoms with Gasteiger partial charge in [-0.3, -0.25) is 0 Å². The lowest BCUT2D eigenvalue weighted by atomic mass is 10.0. The van der Waals surface area contributed by atoms with E-state index >= 15 is 0 Å². The zero-order chi connectivity index (χ0) is 19.2. The van der Waals surface area contributed by atoms with E-state index in [2.05, 4.69) is 5.32 Å². The van der Waals surface area contributed by atoms with Crippen LogP contribution < -0.4 is 5.32 Å². The maximum absolute atomic E-state index is 11.5. The summed E-state index contributed by atoms with van der Waals surface area (Å²) in [7, 11) is 1.36. The average Bonchev–Trinajstić information content (AvgIpc) is 3.20. The molecule has 0 bridgehead atoms. The van der Waals surface area contributed by atoms with Crippen molar-refractivity contribution in [3.05, 3.63) is 83.6 Å². The van der Waals surface area contributed by atoms with Crippen LogP contribution in [0.2, 0.25) is 0 Å². The largest absolute Gasteiger partial charge is 0.465 e. The van der Waals surface area contributed by atoms with Crippen molar-refractivity contribution in [2.75, 3.05) is 7.11 Å². The summed E-state index contributed by atoms with van der Waals surface area (Å²) in [5.74, 6) is 1.21. The van der Waals surface area contributed by atoms with Gasteiger partial charge in [0.1, 0.15) is 24.5 Å². The van der Waals surface area contributed by atoms with E-state index in [0.717, 1.165) is 22.6 Å². The Morgan fingerprint density at radius 3 is 2.44 bits per heavy atom. The highest BCUT2D eigenvalue weighted by atomic mass is 16.5. The van der Waals surface area contributed by atoms with E-state index in [1.807, 2.05) is 61.5 Å². The fourth-order valence-corrected chi connectivity index (χ4v) is 2.92. The molecule has 140 valence electrons. The Kier molecular flexibility index (Phi) is 6.06. The molecular weight excluding hydrogens is 342 g/mol. The summed E-state index contributed by atoms with van der Waals surface area (Å²) < 4.78 is 10.6. The zero-order valence-electron chi connectivity index (χ0n) is 15.5. The van der Waals surface area contributed by atoms with E-state index in [1.54, 1.807) is 12.1 Å². The summed E-state index contributed by atoms with van der Waals surface area (Å²) in [4.78, 5) is 11.5. The molecule has 0 radical (unpaired) electrons. The van der Waals surface area contributed by atoms with Crippen molar-refractivity contribution in [2.45, 2.75) is 25.6 Å². The number of carbonyl (C=O) groups is 1. The summed E-state index contributed by atoms with van der Waals surface area (Å²) in [6, 6.07) is 20.6. The van der Waals surface area contributed by atoms with Gasteiger partial charge in [-0.1, -0.05) is 42.5 Å². The monoisotopic (exact) mass is 366 g/mol. The Labute approximate surface area is 158 Å². The van der Waals surface area contributed by atoms with Crippen molar-refractivity contribution >= 4 is 5.97 Å². The van der Waals surface area contributed by atoms with Crippen molar-refractivity contribution in [2.24, 2.45) is 0 Å². The van der Waals surface area contributed by atoms with Crippen LogP contribution in [0, 0.1) is 0 Å². The first-order valence-corrected chi connectivity index (χ1v) is 8.92. The Morgan fingerprint density at radius 1 is 1.07 bits per heavy atom. The van der Waals surface area contributed by atoms with Gasteiger partial charge in [-0.25, -0.2) is 4.79 Å². The summed E-state index contributed by atoms with van der Waals surface area (Å²) >= 11 is 0. The van der Waals surface area contributed by atoms with E-state index in [1.165, 1.54) is 7.11 Å². The van der Waals surface area contributed by atoms with Gasteiger partial charge in [-0.15, -0.1) is 0 Å². The minimum absolute atomic E-state index is 0.000268. The molecule has 0 unspecified atom stereocenters. The number of esters is 1. The second-order valence-electron chi connectivity index (χ2n) is 6.49. The minimum Gasteiger partial charge on any atom is -0.465 e. The Morgan fingerprint density at radius 2 is 1.78 bits per heavy atom. The quantitative estimate of drug-likeness (QED) is 0.631. The molecule has 0 aliphatic carbocycles. The fourth-order valence-electron chi connectivity index (χ4n) is 2.92. The first-order chi connectivity index (χ1) is 13.1. The van der Waals surface area contributed by atoms with Crippen LogP contribution in [0.1, 0.15) is 34.7 Å². The molecule has 5 heteroatoms. The molecule has 0 aliphatic heterocycles. The predicted molar refractivity (Wildman–Crippen MR) is 102 cm³/mol. The number of nitrogens with two attached hydrogens (primary N) is 1. The highest BCUT2D eigenvalue weighted by Crippen LogP contribution is 2.22. The molecule has 1 aromatic heterocycles. The Balaban J connectivity index is 1.60. The molecule has 0 spiro atoms. The van der Waals surface area contributed by atoms with Gasteiger partial charge in [0.15, 0.2) is 5.76 Å². The molecule has 0 aliphatic rings. The number of aliphatic hydroxyl groups is 1. The number of furan rings is 1. The Hall–Kier alpha value is -2.89. The number of hydrogen-bond acceptors (Lipinski definition) is 4. The molecule has 27 heavy (non-hydrogen) atoms. The molecule has 3 rings (SSSR count). The smallest absolute Gasteiger partial charge is 0.337 e. The van der Waals surface area contributed by atoms with Crippen LogP contribution in [-0.4, -0.2) is 24.2 Å². The first kappa shape index (κ1) is 18.9. The van der Waals surface area contributed by atoms with Gasteiger partial charge in [0.25, 0.3) is 0 Å². The second-order valence-corrected chi connectivity index (χ2v) is 6.49. The van der Waals surface area contributed by atoms with Crippen molar-refractivity contribution in [3.8, 4) is 11.3 Å². The SMILES string of the molecule is COC(=O)c1ccc(-c2ccc(C[NH2+][C@H](C)[C@H](O)c3ccccc3)o2)cc1. The lowest BCUT2D eigenvalue weighted by molar-refractivity contribution is -0.710. The number of carbonyl (C=O) groups excluding carboxylic acids is 1. The molecule has 0 saturated carbocycles. The number of rotatable bonds is 7. The van der Waals surface area contributed by atoms with Crippen LogP contribution in [0.5, 0.6) is 0 Å². The summed E-state index contributed by atoms with van der Waals surface area (Å²) in [6.07, 6.45) is -0.536. The number of methoxy groups -OCH3 is 1. The fraction of sp³-hybridized carbons (Fsp3) is 0.227. The topological polar surface area (TPSA) is 76.3 Å². The molecule has 2 aromatic carbocycles. The van der Waals surface area contributed by atoms with E-state index in [9.17, 15) is 9.90 Å². The minimum atomic E-state index is -0.536. The van der Waals surface area contributed by atoms with Gasteiger partial charge in [0.05, 0.1) is 12.7 Å². The molecule has 0 amide bonds. The third-order valence-electron chi connectivity index (χ3n) is 4.58. The second kappa shape index (κ2) is 8.66. The van der Waals surface area contributed by atoms with Crippen LogP contribution in [0.15, 0.2) is 71.1 Å². The van der Waals surface area contributed by atoms with Crippen LogP contribution in [0.25, 0.3) is 11.3 Å². The van der Waals surface area contributed by atoms with Gasteiger partial charge >= 0.3 is 5.97 Å². The molecular formula is C22H24NO4+. The van der Waals surface area contributed by atoms with Crippen molar-refractivity contribution in [1.29, 1.82) is 0 Å². The first-order valence-electron chi connectivity index (χ1n) is 8.92. The predicted octanol–water partition coefficient (Wildman–Crippen LogP) is 2.92. The van der Waals surface area contributed by atoms with Crippen molar-refractivity contribution < 1.29 is 24.4 Å². The van der Waals surface area contributed by atoms with E-state index < -0.39 is 6.10 Å². The molecule has 0 fully saturated rings. The molecule has 5 nitrogen and oxygen atoms in total. The molecule has 1 heterocycles. The number of aliphatic hydroxyl groups excluding tert-OH is 1. The number of quaternary nitrogens is 1. The van der Waals surface area contributed by atoms with E-state index in [0.29, 0.717) is 12.1 Å². The van der Waals surface area contributed by atoms with Gasteiger partial charge in [-0.2, -0.15) is 0 Å². The van der Waals surface area contributed by atoms with Gasteiger partial charge in [0.2, 0.25) is 0 Å². The average molecular weight is 366 g/mol. The lowest BCUT2D eigenvalue weighted by Gasteiger charge is -2.17. The number of benzene rings is 2. The van der Waals surface area contributed by atoms with Gasteiger partial charge in [0, 0.05) is 5.56 Å². The summed E-state index contributed by atoms with van der Waals surface area (Å²) in [6.45, 7) is 2.62.